The van der Waals surface area contributed by atoms with Crippen LogP contribution < -0.4 is 15.8 Å². The Morgan fingerprint density at radius 2 is 1.76 bits per heavy atom. The fraction of sp³-hybridized carbons (Fsp3) is 0.316. The topological polar surface area (TPSA) is 3.24 Å². The minimum Gasteiger partial charge on any atom is -0.311 e. The van der Waals surface area contributed by atoms with Crippen LogP contribution in [0, 0.1) is 0 Å². The van der Waals surface area contributed by atoms with Gasteiger partial charge in [-0.15, -0.1) is 11.8 Å². The molecule has 2 atom stereocenters. The standard InChI is InChI=1S/C38H38BNS/c1-6-13-24(7-2)25-19-21-33-29(22-25)36-37(3,4)30-23-26-18-20-28(26)35-34(30)39(38(36,5)41-33)31-16-11-12-17-32(31)40(35)27-14-9-8-10-15-27/h7-12,14-17,19,21-23,36H,6,13,18,20H2,1-5H3/b24-7-. The van der Waals surface area contributed by atoms with Crippen LogP contribution in [-0.2, 0) is 18.3 Å². The van der Waals surface area contributed by atoms with Gasteiger partial charge < -0.3 is 4.90 Å². The van der Waals surface area contributed by atoms with Crippen LogP contribution in [-0.4, -0.2) is 11.4 Å². The number of hydrogen-bond acceptors (Lipinski definition) is 2. The molecule has 3 heterocycles. The monoisotopic (exact) mass is 551 g/mol. The van der Waals surface area contributed by atoms with Crippen molar-refractivity contribution in [2.45, 2.75) is 81.2 Å². The first-order valence-corrected chi connectivity index (χ1v) is 16.3. The van der Waals surface area contributed by atoms with Gasteiger partial charge in [-0.3, -0.25) is 0 Å². The van der Waals surface area contributed by atoms with E-state index in [1.54, 1.807) is 27.7 Å². The van der Waals surface area contributed by atoms with Crippen molar-refractivity contribution in [1.82, 2.24) is 0 Å². The predicted molar refractivity (Wildman–Crippen MR) is 179 cm³/mol. The highest BCUT2D eigenvalue weighted by Gasteiger charge is 2.63. The van der Waals surface area contributed by atoms with Gasteiger partial charge in [-0.1, -0.05) is 94.8 Å². The van der Waals surface area contributed by atoms with Crippen LogP contribution in [0.4, 0.5) is 17.1 Å². The van der Waals surface area contributed by atoms with E-state index in [4.69, 9.17) is 0 Å². The average Bonchev–Trinajstić information content (AvgIpc) is 3.28. The van der Waals surface area contributed by atoms with E-state index in [1.165, 1.54) is 57.8 Å². The summed E-state index contributed by atoms with van der Waals surface area (Å²) in [6.07, 6.45) is 7.01. The molecule has 0 spiro atoms. The van der Waals surface area contributed by atoms with Crippen LogP contribution in [0.3, 0.4) is 0 Å². The van der Waals surface area contributed by atoms with Gasteiger partial charge in [-0.2, -0.15) is 0 Å². The number of anilines is 3. The lowest BCUT2D eigenvalue weighted by Gasteiger charge is -2.56. The smallest absolute Gasteiger partial charge is 0.232 e. The minimum absolute atomic E-state index is 0.00627. The van der Waals surface area contributed by atoms with Crippen LogP contribution >= 0.6 is 11.8 Å². The first-order chi connectivity index (χ1) is 19.9. The number of aryl methyl sites for hydroxylation is 1. The summed E-state index contributed by atoms with van der Waals surface area (Å²) in [4.78, 5) is 4.09. The molecule has 0 fully saturated rings. The number of allylic oxidation sites excluding steroid dienone is 2. The van der Waals surface area contributed by atoms with Gasteiger partial charge in [0, 0.05) is 32.5 Å². The van der Waals surface area contributed by atoms with E-state index in [0.717, 1.165) is 6.42 Å². The number of nitrogens with zero attached hydrogens (tertiary/aromatic N) is 1. The molecule has 1 aliphatic carbocycles. The largest absolute Gasteiger partial charge is 0.311 e. The molecule has 0 amide bonds. The van der Waals surface area contributed by atoms with Gasteiger partial charge in [0.05, 0.1) is 0 Å². The van der Waals surface area contributed by atoms with Crippen molar-refractivity contribution in [3.63, 3.8) is 0 Å². The van der Waals surface area contributed by atoms with Crippen LogP contribution in [0.15, 0.2) is 89.8 Å². The number of benzene rings is 4. The average molecular weight is 552 g/mol. The summed E-state index contributed by atoms with van der Waals surface area (Å²) < 4.78 is 0.0178. The summed E-state index contributed by atoms with van der Waals surface area (Å²) in [5, 5.41) is 0. The zero-order valence-corrected chi connectivity index (χ0v) is 25.7. The van der Waals surface area contributed by atoms with Crippen molar-refractivity contribution in [3.05, 3.63) is 113 Å². The van der Waals surface area contributed by atoms with E-state index in [2.05, 4.69) is 136 Å². The second-order valence-electron chi connectivity index (χ2n) is 13.2. The quantitative estimate of drug-likeness (QED) is 0.233. The van der Waals surface area contributed by atoms with Gasteiger partial charge in [0.15, 0.2) is 0 Å². The third-order valence-electron chi connectivity index (χ3n) is 10.6. The van der Waals surface area contributed by atoms with Crippen molar-refractivity contribution in [3.8, 4) is 0 Å². The van der Waals surface area contributed by atoms with Gasteiger partial charge in [-0.05, 0) is 100 Å². The van der Waals surface area contributed by atoms with E-state index in [9.17, 15) is 0 Å². The number of para-hydroxylation sites is 2. The molecule has 41 heavy (non-hydrogen) atoms. The van der Waals surface area contributed by atoms with Crippen LogP contribution in [0.25, 0.3) is 5.57 Å². The molecule has 1 nitrogen and oxygen atoms in total. The third kappa shape index (κ3) is 3.33. The number of fused-ring (bicyclic) bond motifs is 8. The van der Waals surface area contributed by atoms with Crippen molar-refractivity contribution in [2.75, 3.05) is 4.90 Å². The lowest BCUT2D eigenvalue weighted by atomic mass is 9.24. The molecule has 0 aromatic heterocycles. The maximum atomic E-state index is 2.63. The van der Waals surface area contributed by atoms with Gasteiger partial charge in [0.2, 0.25) is 6.71 Å². The van der Waals surface area contributed by atoms with Crippen molar-refractivity contribution < 1.29 is 0 Å². The van der Waals surface area contributed by atoms with Crippen LogP contribution in [0.2, 0.25) is 0 Å². The maximum Gasteiger partial charge on any atom is 0.232 e. The highest BCUT2D eigenvalue weighted by Crippen LogP contribution is 2.65. The molecule has 4 aliphatic rings. The fourth-order valence-electron chi connectivity index (χ4n) is 8.98. The Hall–Kier alpha value is -3.17. The zero-order chi connectivity index (χ0) is 28.1. The van der Waals surface area contributed by atoms with Gasteiger partial charge in [0.25, 0.3) is 0 Å². The minimum atomic E-state index is 0.00627. The van der Waals surface area contributed by atoms with Crippen LogP contribution in [0.1, 0.15) is 81.2 Å². The molecule has 0 saturated heterocycles. The molecule has 2 unspecified atom stereocenters. The highest BCUT2D eigenvalue weighted by atomic mass is 32.2. The highest BCUT2D eigenvalue weighted by molar-refractivity contribution is 8.03. The van der Waals surface area contributed by atoms with Crippen LogP contribution in [0.5, 0.6) is 0 Å². The Morgan fingerprint density at radius 3 is 2.49 bits per heavy atom. The van der Waals surface area contributed by atoms with E-state index >= 15 is 0 Å². The summed E-state index contributed by atoms with van der Waals surface area (Å²) in [7, 11) is 0. The van der Waals surface area contributed by atoms with E-state index in [1.807, 2.05) is 0 Å². The SMILES string of the molecule is C/C=C(/CCC)c1ccc2c(c1)C1C(C)(S2)B2c3ccccc3N(c3ccccc3)c3c4c(cc(c32)C1(C)C)CC4. The molecule has 4 aromatic carbocycles. The zero-order valence-electron chi connectivity index (χ0n) is 24.9. The van der Waals surface area contributed by atoms with Crippen molar-refractivity contribution in [1.29, 1.82) is 0 Å². The molecule has 0 N–H and O–H groups in total. The molecule has 3 aliphatic heterocycles. The van der Waals surface area contributed by atoms with Crippen molar-refractivity contribution >= 4 is 52.0 Å². The first kappa shape index (κ1) is 25.5. The van der Waals surface area contributed by atoms with Gasteiger partial charge in [-0.25, -0.2) is 0 Å². The Morgan fingerprint density at radius 1 is 0.976 bits per heavy atom. The maximum absolute atomic E-state index is 2.63. The van der Waals surface area contributed by atoms with Gasteiger partial charge >= 0.3 is 0 Å². The molecular weight excluding hydrogens is 513 g/mol. The second kappa shape index (κ2) is 8.92. The predicted octanol–water partition coefficient (Wildman–Crippen LogP) is 8.86. The molecule has 4 aromatic rings. The third-order valence-corrected chi connectivity index (χ3v) is 12.2. The lowest BCUT2D eigenvalue weighted by molar-refractivity contribution is 0.384. The molecule has 3 heteroatoms. The summed E-state index contributed by atoms with van der Waals surface area (Å²) in [6.45, 7) is 12.5. The fourth-order valence-corrected chi connectivity index (χ4v) is 10.8. The number of thioether (sulfide) groups is 1. The summed E-state index contributed by atoms with van der Waals surface area (Å²) in [5.74, 6) is 0.425. The molecular formula is C38H38BNS. The van der Waals surface area contributed by atoms with Gasteiger partial charge in [0.1, 0.15) is 0 Å². The summed E-state index contributed by atoms with van der Waals surface area (Å²) >= 11 is 2.16. The Balaban J connectivity index is 1.42. The molecule has 0 bridgehead atoms. The Kier molecular flexibility index (Phi) is 5.55. The molecule has 0 saturated carbocycles. The van der Waals surface area contributed by atoms with E-state index < -0.39 is 0 Å². The van der Waals surface area contributed by atoms with Crippen molar-refractivity contribution in [2.24, 2.45) is 0 Å². The Labute approximate surface area is 250 Å². The first-order valence-electron chi connectivity index (χ1n) is 15.5. The normalized spacial score (nSPS) is 22.8. The molecule has 204 valence electrons. The van der Waals surface area contributed by atoms with E-state index in [-0.39, 0.29) is 10.1 Å². The second-order valence-corrected chi connectivity index (χ2v) is 14.8. The molecule has 8 rings (SSSR count). The number of rotatable bonds is 4. The Bertz CT molecular complexity index is 1750. The van der Waals surface area contributed by atoms with E-state index in [0.29, 0.717) is 12.6 Å². The lowest BCUT2D eigenvalue weighted by Crippen LogP contribution is -2.69. The summed E-state index contributed by atoms with van der Waals surface area (Å²) in [5.41, 5.74) is 16.4. The molecule has 0 radical (unpaired) electrons. The summed E-state index contributed by atoms with van der Waals surface area (Å²) in [6, 6.07) is 30.4. The number of hydrogen-bond donors (Lipinski definition) is 0.